The number of nitrogens with one attached hydrogen (secondary N) is 2. The van der Waals surface area contributed by atoms with E-state index in [1.54, 1.807) is 53.1 Å². The van der Waals surface area contributed by atoms with Crippen LogP contribution in [0.2, 0.25) is 0 Å². The van der Waals surface area contributed by atoms with E-state index in [1.165, 1.54) is 6.92 Å². The Morgan fingerprint density at radius 3 is 2.15 bits per heavy atom. The molecule has 33 heavy (non-hydrogen) atoms. The van der Waals surface area contributed by atoms with Crippen LogP contribution < -0.4 is 16.2 Å². The van der Waals surface area contributed by atoms with Gasteiger partial charge in [0.15, 0.2) is 0 Å². The van der Waals surface area contributed by atoms with Gasteiger partial charge in [-0.3, -0.25) is 14.4 Å². The molecule has 1 aromatic heterocycles. The van der Waals surface area contributed by atoms with Crippen molar-refractivity contribution in [1.29, 1.82) is 0 Å². The molecule has 0 aliphatic rings. The van der Waals surface area contributed by atoms with Crippen molar-refractivity contribution in [3.05, 3.63) is 88.7 Å². The van der Waals surface area contributed by atoms with Crippen molar-refractivity contribution in [3.8, 4) is 11.3 Å². The quantitative estimate of drug-likeness (QED) is 0.455. The Balaban J connectivity index is 1.58. The number of amides is 2. The summed E-state index contributed by atoms with van der Waals surface area (Å²) in [5.41, 5.74) is 4.16. The fraction of sp³-hybridized carbons (Fsp3) is 0.154. The lowest BCUT2D eigenvalue weighted by atomic mass is 10.1. The van der Waals surface area contributed by atoms with Crippen LogP contribution in [0.4, 0.5) is 11.4 Å². The number of carbonyl (C=O) groups is 2. The highest BCUT2D eigenvalue weighted by Crippen LogP contribution is 2.20. The molecular formula is C26H24N4O3. The first kappa shape index (κ1) is 22.0. The molecule has 7 heteroatoms. The van der Waals surface area contributed by atoms with Crippen molar-refractivity contribution in [2.45, 2.75) is 26.8 Å². The van der Waals surface area contributed by atoms with Crippen LogP contribution in [0.1, 0.15) is 30.6 Å². The summed E-state index contributed by atoms with van der Waals surface area (Å²) in [6.07, 6.45) is 0.832. The molecule has 0 saturated carbocycles. The Labute approximate surface area is 191 Å². The monoisotopic (exact) mass is 440 g/mol. The van der Waals surface area contributed by atoms with Crippen LogP contribution in [0.5, 0.6) is 0 Å². The van der Waals surface area contributed by atoms with Gasteiger partial charge in [0.2, 0.25) is 5.91 Å². The SMILES string of the molecule is CCCn1c(=O)c(-c2ccc(C(=O)Nc3ccc(NC(C)=O)cc3)cc2)nc2ccccc21. The molecule has 3 aromatic carbocycles. The minimum atomic E-state index is -0.274. The van der Waals surface area contributed by atoms with E-state index >= 15 is 0 Å². The standard InChI is InChI=1S/C26H24N4O3/c1-3-16-30-23-7-5-4-6-22(23)29-24(26(30)33)18-8-10-19(11-9-18)25(32)28-21-14-12-20(13-15-21)27-17(2)31/h4-15H,3,16H2,1-2H3,(H,27,31)(H,28,32). The van der Waals surface area contributed by atoms with E-state index in [9.17, 15) is 14.4 Å². The van der Waals surface area contributed by atoms with Crippen molar-refractivity contribution >= 4 is 34.2 Å². The van der Waals surface area contributed by atoms with Crippen LogP contribution in [-0.2, 0) is 11.3 Å². The molecule has 0 unspecified atom stereocenters. The molecule has 0 fully saturated rings. The fourth-order valence-corrected chi connectivity index (χ4v) is 3.65. The third-order valence-electron chi connectivity index (χ3n) is 5.18. The van der Waals surface area contributed by atoms with Gasteiger partial charge in [-0.15, -0.1) is 0 Å². The molecule has 2 amide bonds. The van der Waals surface area contributed by atoms with Crippen LogP contribution in [0.25, 0.3) is 22.3 Å². The first-order valence-corrected chi connectivity index (χ1v) is 10.8. The molecule has 0 atom stereocenters. The third-order valence-corrected chi connectivity index (χ3v) is 5.18. The molecule has 0 saturated heterocycles. The lowest BCUT2D eigenvalue weighted by molar-refractivity contribution is -0.114. The number of carbonyl (C=O) groups excluding carboxylic acids is 2. The highest BCUT2D eigenvalue weighted by Gasteiger charge is 2.13. The van der Waals surface area contributed by atoms with Crippen molar-refractivity contribution in [3.63, 3.8) is 0 Å². The molecule has 0 aliphatic heterocycles. The molecule has 0 aliphatic carbocycles. The number of hydrogen-bond acceptors (Lipinski definition) is 4. The highest BCUT2D eigenvalue weighted by molar-refractivity contribution is 6.04. The smallest absolute Gasteiger partial charge is 0.277 e. The third kappa shape index (κ3) is 4.82. The van der Waals surface area contributed by atoms with Gasteiger partial charge in [0.05, 0.1) is 11.0 Å². The fourth-order valence-electron chi connectivity index (χ4n) is 3.65. The zero-order valence-electron chi connectivity index (χ0n) is 18.5. The second-order valence-electron chi connectivity index (χ2n) is 7.70. The summed E-state index contributed by atoms with van der Waals surface area (Å²) in [5, 5.41) is 5.51. The first-order chi connectivity index (χ1) is 16.0. The summed E-state index contributed by atoms with van der Waals surface area (Å²) in [6, 6.07) is 21.3. The van der Waals surface area contributed by atoms with Gasteiger partial charge in [-0.1, -0.05) is 31.2 Å². The Bertz CT molecular complexity index is 1370. The largest absolute Gasteiger partial charge is 0.326 e. The number of aromatic nitrogens is 2. The van der Waals surface area contributed by atoms with E-state index < -0.39 is 0 Å². The molecule has 7 nitrogen and oxygen atoms in total. The Hall–Kier alpha value is -4.26. The number of aryl methyl sites for hydroxylation is 1. The van der Waals surface area contributed by atoms with E-state index in [0.29, 0.717) is 34.7 Å². The minimum Gasteiger partial charge on any atom is -0.326 e. The maximum atomic E-state index is 13.1. The van der Waals surface area contributed by atoms with Crippen molar-refractivity contribution in [2.24, 2.45) is 0 Å². The molecule has 4 rings (SSSR count). The maximum Gasteiger partial charge on any atom is 0.277 e. The van der Waals surface area contributed by atoms with Crippen molar-refractivity contribution < 1.29 is 9.59 Å². The number of para-hydroxylation sites is 2. The summed E-state index contributed by atoms with van der Waals surface area (Å²) in [6.45, 7) is 4.07. The number of fused-ring (bicyclic) bond motifs is 1. The average Bonchev–Trinajstić information content (AvgIpc) is 2.82. The molecule has 1 heterocycles. The molecule has 0 radical (unpaired) electrons. The van der Waals surface area contributed by atoms with Crippen LogP contribution >= 0.6 is 0 Å². The first-order valence-electron chi connectivity index (χ1n) is 10.8. The number of nitrogens with zero attached hydrogens (tertiary/aromatic N) is 2. The molecule has 0 spiro atoms. The van der Waals surface area contributed by atoms with Crippen LogP contribution in [0.15, 0.2) is 77.6 Å². The van der Waals surface area contributed by atoms with Gasteiger partial charge in [0.1, 0.15) is 5.69 Å². The van der Waals surface area contributed by atoms with E-state index in [1.807, 2.05) is 31.2 Å². The predicted molar refractivity (Wildman–Crippen MR) is 130 cm³/mol. The second kappa shape index (κ2) is 9.48. The highest BCUT2D eigenvalue weighted by atomic mass is 16.2. The van der Waals surface area contributed by atoms with Crippen LogP contribution in [0.3, 0.4) is 0 Å². The number of benzene rings is 3. The molecule has 0 bridgehead atoms. The molecule has 166 valence electrons. The van der Waals surface area contributed by atoms with Crippen molar-refractivity contribution in [2.75, 3.05) is 10.6 Å². The van der Waals surface area contributed by atoms with Gasteiger partial charge in [0.25, 0.3) is 11.5 Å². The van der Waals surface area contributed by atoms with Crippen molar-refractivity contribution in [1.82, 2.24) is 9.55 Å². The topological polar surface area (TPSA) is 93.1 Å². The van der Waals surface area contributed by atoms with E-state index in [-0.39, 0.29) is 17.4 Å². The average molecular weight is 441 g/mol. The second-order valence-corrected chi connectivity index (χ2v) is 7.70. The Morgan fingerprint density at radius 2 is 1.52 bits per heavy atom. The normalized spacial score (nSPS) is 10.7. The zero-order chi connectivity index (χ0) is 23.4. The summed E-state index contributed by atoms with van der Waals surface area (Å²) in [7, 11) is 0. The number of rotatable bonds is 6. The lowest BCUT2D eigenvalue weighted by Crippen LogP contribution is -2.23. The Morgan fingerprint density at radius 1 is 0.879 bits per heavy atom. The number of hydrogen-bond donors (Lipinski definition) is 2. The zero-order valence-corrected chi connectivity index (χ0v) is 18.5. The molecule has 2 N–H and O–H groups in total. The van der Waals surface area contributed by atoms with Gasteiger partial charge in [0, 0.05) is 36.0 Å². The van der Waals surface area contributed by atoms with Crippen LogP contribution in [0, 0.1) is 0 Å². The van der Waals surface area contributed by atoms with E-state index in [0.717, 1.165) is 17.5 Å². The van der Waals surface area contributed by atoms with Crippen LogP contribution in [-0.4, -0.2) is 21.4 Å². The van der Waals surface area contributed by atoms with E-state index in [4.69, 9.17) is 0 Å². The summed E-state index contributed by atoms with van der Waals surface area (Å²) in [4.78, 5) is 41.5. The summed E-state index contributed by atoms with van der Waals surface area (Å²) < 4.78 is 1.75. The summed E-state index contributed by atoms with van der Waals surface area (Å²) in [5.74, 6) is -0.432. The minimum absolute atomic E-state index is 0.146. The van der Waals surface area contributed by atoms with E-state index in [2.05, 4.69) is 15.6 Å². The van der Waals surface area contributed by atoms with Gasteiger partial charge >= 0.3 is 0 Å². The molecule has 4 aromatic rings. The van der Waals surface area contributed by atoms with Gasteiger partial charge in [-0.25, -0.2) is 4.98 Å². The maximum absolute atomic E-state index is 13.1. The van der Waals surface area contributed by atoms with Gasteiger partial charge in [-0.2, -0.15) is 0 Å². The summed E-state index contributed by atoms with van der Waals surface area (Å²) >= 11 is 0. The lowest BCUT2D eigenvalue weighted by Gasteiger charge is -2.12. The number of anilines is 2. The van der Waals surface area contributed by atoms with Gasteiger partial charge in [-0.05, 0) is 55.0 Å². The Kier molecular flexibility index (Phi) is 6.31. The van der Waals surface area contributed by atoms with Gasteiger partial charge < -0.3 is 15.2 Å². The molecular weight excluding hydrogens is 416 g/mol. The predicted octanol–water partition coefficient (Wildman–Crippen LogP) is 4.68.